The van der Waals surface area contributed by atoms with Gasteiger partial charge in [0, 0.05) is 43.5 Å². The van der Waals surface area contributed by atoms with Crippen LogP contribution >= 0.6 is 11.3 Å². The van der Waals surface area contributed by atoms with Crippen molar-refractivity contribution in [2.24, 2.45) is 0 Å². The number of aliphatic hydroxyl groups excluding tert-OH is 1. The highest BCUT2D eigenvalue weighted by molar-refractivity contribution is 7.11. The number of aliphatic hydroxyl groups is 1. The van der Waals surface area contributed by atoms with Gasteiger partial charge in [0.2, 0.25) is 0 Å². The van der Waals surface area contributed by atoms with Crippen LogP contribution in [0.5, 0.6) is 0 Å². The average molecular weight is 281 g/mol. The van der Waals surface area contributed by atoms with Crippen molar-refractivity contribution in [1.82, 2.24) is 25.3 Å². The SMILES string of the molecule is CCc1cnc(CNCc2cn(CCCO)nn2)s1. The number of rotatable bonds is 8. The van der Waals surface area contributed by atoms with Gasteiger partial charge in [0.15, 0.2) is 0 Å². The summed E-state index contributed by atoms with van der Waals surface area (Å²) in [4.78, 5) is 5.66. The first-order chi connectivity index (χ1) is 9.31. The fourth-order valence-electron chi connectivity index (χ4n) is 1.65. The van der Waals surface area contributed by atoms with E-state index in [1.807, 2.05) is 12.4 Å². The molecule has 0 bridgehead atoms. The first kappa shape index (κ1) is 14.1. The smallest absolute Gasteiger partial charge is 0.107 e. The second-order valence-corrected chi connectivity index (χ2v) is 5.43. The monoisotopic (exact) mass is 281 g/mol. The van der Waals surface area contributed by atoms with Crippen LogP contribution in [0.15, 0.2) is 12.4 Å². The first-order valence-electron chi connectivity index (χ1n) is 6.46. The average Bonchev–Trinajstić information content (AvgIpc) is 3.05. The van der Waals surface area contributed by atoms with Gasteiger partial charge in [-0.15, -0.1) is 16.4 Å². The number of nitrogens with zero attached hydrogens (tertiary/aromatic N) is 4. The molecule has 0 saturated heterocycles. The maximum Gasteiger partial charge on any atom is 0.107 e. The summed E-state index contributed by atoms with van der Waals surface area (Å²) in [5.74, 6) is 0. The molecular weight excluding hydrogens is 262 g/mol. The zero-order valence-corrected chi connectivity index (χ0v) is 11.9. The van der Waals surface area contributed by atoms with E-state index in [2.05, 4.69) is 27.5 Å². The summed E-state index contributed by atoms with van der Waals surface area (Å²) < 4.78 is 1.76. The molecule has 0 spiro atoms. The Balaban J connectivity index is 1.74. The number of hydrogen-bond acceptors (Lipinski definition) is 6. The maximum atomic E-state index is 8.74. The van der Waals surface area contributed by atoms with Crippen LogP contribution in [0.1, 0.15) is 28.9 Å². The summed E-state index contributed by atoms with van der Waals surface area (Å²) in [5, 5.41) is 21.2. The van der Waals surface area contributed by atoms with Crippen molar-refractivity contribution in [1.29, 1.82) is 0 Å². The maximum absolute atomic E-state index is 8.74. The molecule has 7 heteroatoms. The lowest BCUT2D eigenvalue weighted by molar-refractivity contribution is 0.276. The van der Waals surface area contributed by atoms with Crippen LogP contribution in [-0.2, 0) is 26.1 Å². The first-order valence-corrected chi connectivity index (χ1v) is 7.27. The van der Waals surface area contributed by atoms with Gasteiger partial charge in [0.1, 0.15) is 5.01 Å². The Kier molecular flexibility index (Phi) is 5.44. The molecule has 2 aromatic heterocycles. The van der Waals surface area contributed by atoms with Crippen molar-refractivity contribution in [3.8, 4) is 0 Å². The highest BCUT2D eigenvalue weighted by atomic mass is 32.1. The molecule has 0 saturated carbocycles. The lowest BCUT2D eigenvalue weighted by Crippen LogP contribution is -2.12. The highest BCUT2D eigenvalue weighted by Gasteiger charge is 2.02. The number of thiazole rings is 1. The predicted molar refractivity (Wildman–Crippen MR) is 73.8 cm³/mol. The van der Waals surface area contributed by atoms with E-state index in [1.54, 1.807) is 16.0 Å². The Hall–Kier alpha value is -1.31. The normalized spacial score (nSPS) is 11.1. The van der Waals surface area contributed by atoms with E-state index in [0.29, 0.717) is 19.5 Å². The summed E-state index contributed by atoms with van der Waals surface area (Å²) in [7, 11) is 0. The van der Waals surface area contributed by atoms with E-state index in [1.165, 1.54) is 4.88 Å². The second-order valence-electron chi connectivity index (χ2n) is 4.23. The molecule has 0 aliphatic rings. The second kappa shape index (κ2) is 7.32. The largest absolute Gasteiger partial charge is 0.396 e. The van der Waals surface area contributed by atoms with Crippen LogP contribution in [0.3, 0.4) is 0 Å². The van der Waals surface area contributed by atoms with Crippen LogP contribution in [0.25, 0.3) is 0 Å². The van der Waals surface area contributed by atoms with Gasteiger partial charge in [0.25, 0.3) is 0 Å². The minimum Gasteiger partial charge on any atom is -0.396 e. The van der Waals surface area contributed by atoms with Gasteiger partial charge < -0.3 is 10.4 Å². The van der Waals surface area contributed by atoms with Crippen LogP contribution < -0.4 is 5.32 Å². The van der Waals surface area contributed by atoms with E-state index in [9.17, 15) is 0 Å². The molecule has 0 fully saturated rings. The van der Waals surface area contributed by atoms with E-state index >= 15 is 0 Å². The van der Waals surface area contributed by atoms with E-state index in [-0.39, 0.29) is 6.61 Å². The van der Waals surface area contributed by atoms with Crippen LogP contribution in [-0.4, -0.2) is 31.7 Å². The zero-order valence-electron chi connectivity index (χ0n) is 11.0. The zero-order chi connectivity index (χ0) is 13.5. The van der Waals surface area contributed by atoms with E-state index in [4.69, 9.17) is 5.11 Å². The molecule has 0 atom stereocenters. The quantitative estimate of drug-likeness (QED) is 0.754. The molecule has 6 nitrogen and oxygen atoms in total. The van der Waals surface area contributed by atoms with E-state index < -0.39 is 0 Å². The number of nitrogens with one attached hydrogen (secondary N) is 1. The van der Waals surface area contributed by atoms with Gasteiger partial charge in [-0.05, 0) is 12.8 Å². The fraction of sp³-hybridized carbons (Fsp3) is 0.583. The molecule has 19 heavy (non-hydrogen) atoms. The molecule has 0 radical (unpaired) electrons. The van der Waals surface area contributed by atoms with Crippen molar-refractivity contribution in [3.63, 3.8) is 0 Å². The number of hydrogen-bond donors (Lipinski definition) is 2. The molecule has 0 aliphatic carbocycles. The Morgan fingerprint density at radius 1 is 1.42 bits per heavy atom. The van der Waals surface area contributed by atoms with Gasteiger partial charge in [-0.2, -0.15) is 0 Å². The van der Waals surface area contributed by atoms with Crippen molar-refractivity contribution in [2.75, 3.05) is 6.61 Å². The van der Waals surface area contributed by atoms with Gasteiger partial charge in [-0.1, -0.05) is 12.1 Å². The molecule has 2 N–H and O–H groups in total. The molecule has 2 heterocycles. The third-order valence-electron chi connectivity index (χ3n) is 2.66. The van der Waals surface area contributed by atoms with Crippen molar-refractivity contribution in [3.05, 3.63) is 28.0 Å². The molecule has 2 rings (SSSR count). The minimum absolute atomic E-state index is 0.178. The number of aromatic nitrogens is 4. The summed E-state index contributed by atoms with van der Waals surface area (Å²) in [6.45, 7) is 4.46. The van der Waals surface area contributed by atoms with Crippen LogP contribution in [0.2, 0.25) is 0 Å². The Morgan fingerprint density at radius 3 is 3.05 bits per heavy atom. The molecule has 0 unspecified atom stereocenters. The van der Waals surface area contributed by atoms with Crippen LogP contribution in [0, 0.1) is 0 Å². The molecule has 2 aromatic rings. The topological polar surface area (TPSA) is 75.9 Å². The number of aryl methyl sites for hydroxylation is 2. The third-order valence-corrected chi connectivity index (χ3v) is 3.81. The summed E-state index contributed by atoms with van der Waals surface area (Å²) in [6.07, 6.45) is 5.58. The molecule has 104 valence electrons. The van der Waals surface area contributed by atoms with Gasteiger partial charge >= 0.3 is 0 Å². The Morgan fingerprint density at radius 2 is 2.32 bits per heavy atom. The lowest BCUT2D eigenvalue weighted by Gasteiger charge is -1.98. The third kappa shape index (κ3) is 4.38. The predicted octanol–water partition coefficient (Wildman–Crippen LogP) is 0.969. The van der Waals surface area contributed by atoms with E-state index in [0.717, 1.165) is 23.7 Å². The Labute approximate surface area is 116 Å². The molecule has 0 aromatic carbocycles. The van der Waals surface area contributed by atoms with Crippen molar-refractivity contribution < 1.29 is 5.11 Å². The van der Waals surface area contributed by atoms with Gasteiger partial charge in [-0.25, -0.2) is 4.98 Å². The Bertz CT molecular complexity index is 496. The van der Waals surface area contributed by atoms with Crippen molar-refractivity contribution in [2.45, 2.75) is 39.4 Å². The summed E-state index contributed by atoms with van der Waals surface area (Å²) >= 11 is 1.74. The van der Waals surface area contributed by atoms with Crippen LogP contribution in [0.4, 0.5) is 0 Å². The molecular formula is C12H19N5OS. The van der Waals surface area contributed by atoms with Gasteiger partial charge in [0.05, 0.1) is 5.69 Å². The van der Waals surface area contributed by atoms with Crippen molar-refractivity contribution >= 4 is 11.3 Å². The lowest BCUT2D eigenvalue weighted by atomic mass is 10.4. The highest BCUT2D eigenvalue weighted by Crippen LogP contribution is 2.12. The standard InChI is InChI=1S/C12H19N5OS/c1-2-11-7-14-12(19-11)8-13-6-10-9-17(16-15-10)4-3-5-18/h7,9,13,18H,2-6,8H2,1H3. The molecule has 0 aliphatic heterocycles. The molecule has 0 amide bonds. The minimum atomic E-state index is 0.178. The van der Waals surface area contributed by atoms with Gasteiger partial charge in [-0.3, -0.25) is 4.68 Å². The summed E-state index contributed by atoms with van der Waals surface area (Å²) in [5.41, 5.74) is 0.908. The fourth-order valence-corrected chi connectivity index (χ4v) is 2.48. The summed E-state index contributed by atoms with van der Waals surface area (Å²) in [6, 6.07) is 0.